The average Bonchev–Trinajstić information content (AvgIpc) is 2.94. The molecule has 3 rings (SSSR count). The van der Waals surface area contributed by atoms with Gasteiger partial charge in [0, 0.05) is 5.92 Å². The second kappa shape index (κ2) is 3.38. The molecule has 0 saturated heterocycles. The van der Waals surface area contributed by atoms with Crippen LogP contribution in [0.4, 0.5) is 0 Å². The SMILES string of the molecule is O=C(O)C1(C(=O)O)C[C@@H]1c1ccc2c(c1)OCO2. The minimum absolute atomic E-state index is 0.108. The van der Waals surface area contributed by atoms with E-state index in [-0.39, 0.29) is 13.2 Å². The predicted octanol–water partition coefficient (Wildman–Crippen LogP) is 1.06. The van der Waals surface area contributed by atoms with Crippen LogP contribution >= 0.6 is 0 Å². The van der Waals surface area contributed by atoms with Gasteiger partial charge in [0.25, 0.3) is 0 Å². The number of carboxylic acid groups (broad SMARTS) is 2. The lowest BCUT2D eigenvalue weighted by molar-refractivity contribution is -0.157. The molecule has 2 aliphatic rings. The molecule has 1 atom stereocenters. The van der Waals surface area contributed by atoms with Gasteiger partial charge in [-0.2, -0.15) is 0 Å². The molecule has 1 saturated carbocycles. The number of carbonyl (C=O) groups is 2. The van der Waals surface area contributed by atoms with Gasteiger partial charge >= 0.3 is 11.9 Å². The molecule has 18 heavy (non-hydrogen) atoms. The highest BCUT2D eigenvalue weighted by molar-refractivity contribution is 6.03. The van der Waals surface area contributed by atoms with Crippen molar-refractivity contribution in [3.63, 3.8) is 0 Å². The van der Waals surface area contributed by atoms with Crippen molar-refractivity contribution in [2.75, 3.05) is 6.79 Å². The van der Waals surface area contributed by atoms with Crippen LogP contribution in [0.2, 0.25) is 0 Å². The minimum Gasteiger partial charge on any atom is -0.480 e. The summed E-state index contributed by atoms with van der Waals surface area (Å²) in [6.45, 7) is 0.131. The van der Waals surface area contributed by atoms with Crippen molar-refractivity contribution in [3.8, 4) is 11.5 Å². The summed E-state index contributed by atoms with van der Waals surface area (Å²) in [7, 11) is 0. The van der Waals surface area contributed by atoms with E-state index in [9.17, 15) is 9.59 Å². The lowest BCUT2D eigenvalue weighted by Crippen LogP contribution is -2.26. The highest BCUT2D eigenvalue weighted by atomic mass is 16.7. The number of benzene rings is 1. The molecule has 1 aliphatic heterocycles. The van der Waals surface area contributed by atoms with Gasteiger partial charge in [-0.1, -0.05) is 6.07 Å². The highest BCUT2D eigenvalue weighted by Gasteiger charge is 2.67. The standard InChI is InChI=1S/C12H10O6/c13-10(14)12(11(15)16)4-7(12)6-1-2-8-9(3-6)18-5-17-8/h1-3,7H,4-5H2,(H,13,14)(H,15,16)/t7-/m1/s1. The molecule has 94 valence electrons. The first-order chi connectivity index (χ1) is 8.55. The van der Waals surface area contributed by atoms with E-state index < -0.39 is 23.3 Å². The van der Waals surface area contributed by atoms with Crippen molar-refractivity contribution >= 4 is 11.9 Å². The zero-order valence-corrected chi connectivity index (χ0v) is 9.25. The van der Waals surface area contributed by atoms with Crippen LogP contribution in [0.1, 0.15) is 17.9 Å². The van der Waals surface area contributed by atoms with E-state index in [1.165, 1.54) is 0 Å². The molecule has 1 aromatic carbocycles. The van der Waals surface area contributed by atoms with Crippen molar-refractivity contribution in [3.05, 3.63) is 23.8 Å². The molecule has 1 aromatic rings. The molecule has 0 spiro atoms. The Kier molecular flexibility index (Phi) is 2.04. The zero-order chi connectivity index (χ0) is 12.9. The van der Waals surface area contributed by atoms with Crippen LogP contribution in [-0.4, -0.2) is 28.9 Å². The largest absolute Gasteiger partial charge is 0.480 e. The molecule has 0 radical (unpaired) electrons. The first kappa shape index (κ1) is 10.9. The van der Waals surface area contributed by atoms with Gasteiger partial charge in [-0.3, -0.25) is 9.59 Å². The maximum Gasteiger partial charge on any atom is 0.321 e. The predicted molar refractivity (Wildman–Crippen MR) is 57.6 cm³/mol. The number of ether oxygens (including phenoxy) is 2. The Balaban J connectivity index is 1.94. The number of rotatable bonds is 3. The van der Waals surface area contributed by atoms with Crippen LogP contribution < -0.4 is 9.47 Å². The Labute approximate surface area is 102 Å². The van der Waals surface area contributed by atoms with Crippen molar-refractivity contribution in [1.29, 1.82) is 0 Å². The summed E-state index contributed by atoms with van der Waals surface area (Å²) in [6, 6.07) is 5.01. The molecule has 1 fully saturated rings. The van der Waals surface area contributed by atoms with E-state index in [1.807, 2.05) is 0 Å². The van der Waals surface area contributed by atoms with E-state index in [1.54, 1.807) is 18.2 Å². The van der Waals surface area contributed by atoms with Crippen LogP contribution in [0.5, 0.6) is 11.5 Å². The molecular weight excluding hydrogens is 240 g/mol. The summed E-state index contributed by atoms with van der Waals surface area (Å²) in [4.78, 5) is 22.2. The van der Waals surface area contributed by atoms with Gasteiger partial charge < -0.3 is 19.7 Å². The van der Waals surface area contributed by atoms with Gasteiger partial charge in [-0.05, 0) is 24.1 Å². The first-order valence-electron chi connectivity index (χ1n) is 5.42. The van der Waals surface area contributed by atoms with E-state index in [2.05, 4.69) is 0 Å². The lowest BCUT2D eigenvalue weighted by atomic mass is 9.99. The number of hydrogen-bond donors (Lipinski definition) is 2. The van der Waals surface area contributed by atoms with Crippen LogP contribution in [0, 0.1) is 5.41 Å². The third kappa shape index (κ3) is 1.28. The Morgan fingerprint density at radius 3 is 2.44 bits per heavy atom. The topological polar surface area (TPSA) is 93.1 Å². The molecule has 6 heteroatoms. The molecule has 6 nitrogen and oxygen atoms in total. The Morgan fingerprint density at radius 2 is 1.83 bits per heavy atom. The second-order valence-corrected chi connectivity index (χ2v) is 4.45. The first-order valence-corrected chi connectivity index (χ1v) is 5.42. The third-order valence-electron chi connectivity index (χ3n) is 3.52. The van der Waals surface area contributed by atoms with E-state index >= 15 is 0 Å². The molecule has 0 bridgehead atoms. The van der Waals surface area contributed by atoms with Crippen molar-refractivity contribution in [2.45, 2.75) is 12.3 Å². The zero-order valence-electron chi connectivity index (χ0n) is 9.25. The fraction of sp³-hybridized carbons (Fsp3) is 0.333. The number of hydrogen-bond acceptors (Lipinski definition) is 4. The van der Waals surface area contributed by atoms with Crippen LogP contribution in [0.3, 0.4) is 0 Å². The van der Waals surface area contributed by atoms with Crippen LogP contribution in [-0.2, 0) is 9.59 Å². The van der Waals surface area contributed by atoms with Gasteiger partial charge in [0.15, 0.2) is 16.9 Å². The monoisotopic (exact) mass is 250 g/mol. The second-order valence-electron chi connectivity index (χ2n) is 4.45. The molecule has 2 N–H and O–H groups in total. The quantitative estimate of drug-likeness (QED) is 0.779. The molecule has 0 amide bonds. The van der Waals surface area contributed by atoms with Gasteiger partial charge in [0.1, 0.15) is 0 Å². The summed E-state index contributed by atoms with van der Waals surface area (Å²) >= 11 is 0. The number of fused-ring (bicyclic) bond motifs is 1. The summed E-state index contributed by atoms with van der Waals surface area (Å²) in [5, 5.41) is 18.1. The maximum atomic E-state index is 11.1. The highest BCUT2D eigenvalue weighted by Crippen LogP contribution is 2.60. The molecule has 1 aliphatic carbocycles. The van der Waals surface area contributed by atoms with E-state index in [4.69, 9.17) is 19.7 Å². The van der Waals surface area contributed by atoms with E-state index in [0.717, 1.165) is 0 Å². The van der Waals surface area contributed by atoms with Gasteiger partial charge in [0.05, 0.1) is 0 Å². The maximum absolute atomic E-state index is 11.1. The third-order valence-corrected chi connectivity index (χ3v) is 3.52. The summed E-state index contributed by atoms with van der Waals surface area (Å²) in [5.41, 5.74) is -1.03. The summed E-state index contributed by atoms with van der Waals surface area (Å²) in [6.07, 6.45) is 0.108. The van der Waals surface area contributed by atoms with Crippen molar-refractivity contribution in [1.82, 2.24) is 0 Å². The normalized spacial score (nSPS) is 22.6. The van der Waals surface area contributed by atoms with Gasteiger partial charge in [-0.15, -0.1) is 0 Å². The Hall–Kier alpha value is -2.24. The van der Waals surface area contributed by atoms with Gasteiger partial charge in [-0.25, -0.2) is 0 Å². The smallest absolute Gasteiger partial charge is 0.321 e. The van der Waals surface area contributed by atoms with E-state index in [0.29, 0.717) is 17.1 Å². The average molecular weight is 250 g/mol. The van der Waals surface area contributed by atoms with Crippen molar-refractivity contribution in [2.24, 2.45) is 5.41 Å². The van der Waals surface area contributed by atoms with Crippen LogP contribution in [0.25, 0.3) is 0 Å². The van der Waals surface area contributed by atoms with Crippen molar-refractivity contribution < 1.29 is 29.3 Å². The number of carboxylic acids is 2. The Bertz CT molecular complexity index is 535. The molecule has 0 aromatic heterocycles. The summed E-state index contributed by atoms with van der Waals surface area (Å²) < 4.78 is 10.3. The van der Waals surface area contributed by atoms with Crippen LogP contribution in [0.15, 0.2) is 18.2 Å². The molecule has 1 heterocycles. The molecular formula is C12H10O6. The Morgan fingerprint density at radius 1 is 1.17 bits per heavy atom. The minimum atomic E-state index is -1.69. The molecule has 0 unspecified atom stereocenters. The lowest BCUT2D eigenvalue weighted by Gasteiger charge is -2.07. The van der Waals surface area contributed by atoms with Gasteiger partial charge in [0.2, 0.25) is 6.79 Å². The fourth-order valence-electron chi connectivity index (χ4n) is 2.36. The number of aliphatic carboxylic acids is 2. The summed E-state index contributed by atoms with van der Waals surface area (Å²) in [5.74, 6) is -1.97. The fourth-order valence-corrected chi connectivity index (χ4v) is 2.36.